The summed E-state index contributed by atoms with van der Waals surface area (Å²) in [5.74, 6) is -0.934. The standard InChI is InChI=1S/C11H11NO2/c13-11(14)7-3-1-2-5-10-6-4-8-12-9-10/h1-4,6-9H,5H2,(H,13,14). The van der Waals surface area contributed by atoms with Gasteiger partial charge in [0.25, 0.3) is 0 Å². The van der Waals surface area contributed by atoms with Crippen molar-refractivity contribution in [2.75, 3.05) is 0 Å². The molecular formula is C11H11NO2. The van der Waals surface area contributed by atoms with Crippen molar-refractivity contribution in [1.82, 2.24) is 4.98 Å². The van der Waals surface area contributed by atoms with Gasteiger partial charge in [-0.15, -0.1) is 0 Å². The maximum absolute atomic E-state index is 10.1. The van der Waals surface area contributed by atoms with E-state index in [0.29, 0.717) is 0 Å². The lowest BCUT2D eigenvalue weighted by Crippen LogP contribution is -1.84. The molecule has 0 amide bonds. The molecule has 0 spiro atoms. The van der Waals surface area contributed by atoms with Crippen molar-refractivity contribution in [3.8, 4) is 0 Å². The number of nitrogens with zero attached hydrogens (tertiary/aromatic N) is 1. The number of hydrogen-bond acceptors (Lipinski definition) is 2. The van der Waals surface area contributed by atoms with Gasteiger partial charge in [0, 0.05) is 18.5 Å². The smallest absolute Gasteiger partial charge is 0.328 e. The van der Waals surface area contributed by atoms with Crippen molar-refractivity contribution in [3.05, 3.63) is 54.4 Å². The third-order valence-electron chi connectivity index (χ3n) is 1.56. The van der Waals surface area contributed by atoms with Crippen LogP contribution in [0, 0.1) is 0 Å². The molecule has 14 heavy (non-hydrogen) atoms. The average molecular weight is 189 g/mol. The van der Waals surface area contributed by atoms with Crippen molar-refractivity contribution in [2.24, 2.45) is 0 Å². The van der Waals surface area contributed by atoms with Crippen molar-refractivity contribution in [3.63, 3.8) is 0 Å². The van der Waals surface area contributed by atoms with Crippen LogP contribution >= 0.6 is 0 Å². The van der Waals surface area contributed by atoms with Crippen molar-refractivity contribution < 1.29 is 9.90 Å². The first-order chi connectivity index (χ1) is 6.79. The summed E-state index contributed by atoms with van der Waals surface area (Å²) in [5.41, 5.74) is 1.10. The van der Waals surface area contributed by atoms with E-state index < -0.39 is 5.97 Å². The number of hydrogen-bond donors (Lipinski definition) is 1. The summed E-state index contributed by atoms with van der Waals surface area (Å²) < 4.78 is 0. The second kappa shape index (κ2) is 5.70. The highest BCUT2D eigenvalue weighted by atomic mass is 16.4. The molecule has 0 aromatic carbocycles. The largest absolute Gasteiger partial charge is 0.478 e. The van der Waals surface area contributed by atoms with Gasteiger partial charge in [0.1, 0.15) is 0 Å². The number of rotatable bonds is 4. The van der Waals surface area contributed by atoms with Gasteiger partial charge >= 0.3 is 5.97 Å². The van der Waals surface area contributed by atoms with E-state index in [1.165, 1.54) is 6.08 Å². The Balaban J connectivity index is 2.38. The van der Waals surface area contributed by atoms with Gasteiger partial charge in [0.05, 0.1) is 0 Å². The fourth-order valence-electron chi connectivity index (χ4n) is 0.939. The van der Waals surface area contributed by atoms with Crippen LogP contribution < -0.4 is 0 Å². The quantitative estimate of drug-likeness (QED) is 0.580. The number of pyridine rings is 1. The molecule has 0 aliphatic rings. The van der Waals surface area contributed by atoms with Gasteiger partial charge in [0.15, 0.2) is 0 Å². The summed E-state index contributed by atoms with van der Waals surface area (Å²) in [4.78, 5) is 14.1. The van der Waals surface area contributed by atoms with Gasteiger partial charge < -0.3 is 5.11 Å². The molecule has 0 radical (unpaired) electrons. The van der Waals surface area contributed by atoms with Crippen LogP contribution in [0.25, 0.3) is 0 Å². The molecule has 1 aromatic rings. The maximum atomic E-state index is 10.1. The minimum Gasteiger partial charge on any atom is -0.478 e. The van der Waals surface area contributed by atoms with Crippen LogP contribution in [0.5, 0.6) is 0 Å². The normalized spacial score (nSPS) is 11.1. The molecule has 1 N–H and O–H groups in total. The third kappa shape index (κ3) is 4.21. The lowest BCUT2D eigenvalue weighted by atomic mass is 10.2. The lowest BCUT2D eigenvalue weighted by molar-refractivity contribution is -0.131. The molecule has 72 valence electrons. The predicted octanol–water partition coefficient (Wildman–Crippen LogP) is 1.82. The monoisotopic (exact) mass is 189 g/mol. The zero-order chi connectivity index (χ0) is 10.2. The van der Waals surface area contributed by atoms with Gasteiger partial charge in [-0.05, 0) is 18.1 Å². The molecule has 0 fully saturated rings. The van der Waals surface area contributed by atoms with Gasteiger partial charge in [-0.1, -0.05) is 24.3 Å². The first-order valence-corrected chi connectivity index (χ1v) is 4.24. The number of aromatic nitrogens is 1. The molecule has 3 nitrogen and oxygen atoms in total. The first kappa shape index (κ1) is 10.2. The highest BCUT2D eigenvalue weighted by Crippen LogP contribution is 1.97. The van der Waals surface area contributed by atoms with Crippen LogP contribution in [0.1, 0.15) is 5.56 Å². The Morgan fingerprint density at radius 3 is 3.00 bits per heavy atom. The molecule has 1 aromatic heterocycles. The number of carboxylic acids is 1. The minimum absolute atomic E-state index is 0.762. The fourth-order valence-corrected chi connectivity index (χ4v) is 0.939. The zero-order valence-corrected chi connectivity index (χ0v) is 7.63. The SMILES string of the molecule is O=C(O)C=CC=CCc1cccnc1. The Bertz CT molecular complexity index is 342. The molecule has 0 bridgehead atoms. The molecular weight excluding hydrogens is 178 g/mol. The summed E-state index contributed by atoms with van der Waals surface area (Å²) >= 11 is 0. The topological polar surface area (TPSA) is 50.2 Å². The minimum atomic E-state index is -0.934. The van der Waals surface area contributed by atoms with Gasteiger partial charge in [0.2, 0.25) is 0 Å². The molecule has 0 unspecified atom stereocenters. The molecule has 0 aliphatic heterocycles. The van der Waals surface area contributed by atoms with E-state index >= 15 is 0 Å². The Labute approximate surface area is 82.4 Å². The zero-order valence-electron chi connectivity index (χ0n) is 7.63. The Morgan fingerprint density at radius 2 is 2.36 bits per heavy atom. The Kier molecular flexibility index (Phi) is 4.14. The molecule has 0 saturated heterocycles. The Hall–Kier alpha value is -1.90. The second-order valence-electron chi connectivity index (χ2n) is 2.69. The fraction of sp³-hybridized carbons (Fsp3) is 0.0909. The van der Waals surface area contributed by atoms with E-state index in [9.17, 15) is 4.79 Å². The summed E-state index contributed by atoms with van der Waals surface area (Å²) in [7, 11) is 0. The number of carbonyl (C=O) groups is 1. The summed E-state index contributed by atoms with van der Waals surface area (Å²) in [6.45, 7) is 0. The van der Waals surface area contributed by atoms with Gasteiger partial charge in [-0.3, -0.25) is 4.98 Å². The maximum Gasteiger partial charge on any atom is 0.328 e. The van der Waals surface area contributed by atoms with Crippen molar-refractivity contribution in [2.45, 2.75) is 6.42 Å². The van der Waals surface area contributed by atoms with E-state index in [-0.39, 0.29) is 0 Å². The highest BCUT2D eigenvalue weighted by Gasteiger charge is 1.85. The number of allylic oxidation sites excluding steroid dienone is 3. The average Bonchev–Trinajstić information content (AvgIpc) is 2.18. The summed E-state index contributed by atoms with van der Waals surface area (Å²) in [6.07, 6.45) is 10.5. The molecule has 1 rings (SSSR count). The van der Waals surface area contributed by atoms with Gasteiger partial charge in [-0.2, -0.15) is 0 Å². The van der Waals surface area contributed by atoms with E-state index in [1.54, 1.807) is 18.5 Å². The second-order valence-corrected chi connectivity index (χ2v) is 2.69. The van der Waals surface area contributed by atoms with Crippen molar-refractivity contribution in [1.29, 1.82) is 0 Å². The van der Waals surface area contributed by atoms with Gasteiger partial charge in [-0.25, -0.2) is 4.79 Å². The van der Waals surface area contributed by atoms with E-state index in [2.05, 4.69) is 4.98 Å². The van der Waals surface area contributed by atoms with E-state index in [1.807, 2.05) is 18.2 Å². The van der Waals surface area contributed by atoms with Crippen LogP contribution in [0.4, 0.5) is 0 Å². The molecule has 0 saturated carbocycles. The number of carboxylic acid groups (broad SMARTS) is 1. The number of aliphatic carboxylic acids is 1. The molecule has 0 atom stereocenters. The summed E-state index contributed by atoms with van der Waals surface area (Å²) in [6, 6.07) is 3.84. The van der Waals surface area contributed by atoms with Crippen LogP contribution in [0.3, 0.4) is 0 Å². The first-order valence-electron chi connectivity index (χ1n) is 4.24. The Morgan fingerprint density at radius 1 is 1.50 bits per heavy atom. The van der Waals surface area contributed by atoms with E-state index in [4.69, 9.17) is 5.11 Å². The summed E-state index contributed by atoms with van der Waals surface area (Å²) in [5, 5.41) is 8.30. The lowest BCUT2D eigenvalue weighted by Gasteiger charge is -1.91. The van der Waals surface area contributed by atoms with Crippen molar-refractivity contribution >= 4 is 5.97 Å². The van der Waals surface area contributed by atoms with Crippen LogP contribution in [0.2, 0.25) is 0 Å². The van der Waals surface area contributed by atoms with Crippen LogP contribution in [-0.4, -0.2) is 16.1 Å². The predicted molar refractivity (Wildman–Crippen MR) is 53.9 cm³/mol. The van der Waals surface area contributed by atoms with Crippen LogP contribution in [-0.2, 0) is 11.2 Å². The molecule has 3 heteroatoms. The van der Waals surface area contributed by atoms with E-state index in [0.717, 1.165) is 18.1 Å². The van der Waals surface area contributed by atoms with Crippen LogP contribution in [0.15, 0.2) is 48.8 Å². The highest BCUT2D eigenvalue weighted by molar-refractivity contribution is 5.80. The molecule has 1 heterocycles. The third-order valence-corrected chi connectivity index (χ3v) is 1.56. The molecule has 0 aliphatic carbocycles.